The minimum Gasteiger partial charge on any atom is -0.479 e. The van der Waals surface area contributed by atoms with Crippen molar-refractivity contribution in [2.75, 3.05) is 12.4 Å². The van der Waals surface area contributed by atoms with Gasteiger partial charge in [0.25, 0.3) is 11.8 Å². The Labute approximate surface area is 294 Å². The van der Waals surface area contributed by atoms with Crippen molar-refractivity contribution < 1.29 is 19.1 Å². The third kappa shape index (κ3) is 9.00. The number of carbonyl (C=O) groups is 3. The number of benzene rings is 3. The lowest BCUT2D eigenvalue weighted by molar-refractivity contribution is -0.126. The maximum Gasteiger partial charge on any atom is 0.285 e. The van der Waals surface area contributed by atoms with Crippen molar-refractivity contribution in [2.24, 2.45) is 4.99 Å². The molecule has 4 rings (SSSR count). The molecule has 1 N–H and O–H groups in total. The second kappa shape index (κ2) is 17.7. The highest BCUT2D eigenvalue weighted by Crippen LogP contribution is 2.34. The zero-order valence-electron chi connectivity index (χ0n) is 26.4. The molecule has 0 aliphatic carbocycles. The summed E-state index contributed by atoms with van der Waals surface area (Å²) in [6, 6.07) is 22.4. The molecule has 0 saturated heterocycles. The van der Waals surface area contributed by atoms with Gasteiger partial charge in [0, 0.05) is 5.70 Å². The van der Waals surface area contributed by atoms with Crippen LogP contribution in [0.25, 0.3) is 6.08 Å². The number of rotatable bonds is 13. The predicted molar refractivity (Wildman–Crippen MR) is 198 cm³/mol. The van der Waals surface area contributed by atoms with Crippen LogP contribution in [0.15, 0.2) is 137 Å². The van der Waals surface area contributed by atoms with Crippen molar-refractivity contribution in [3.8, 4) is 18.1 Å². The maximum absolute atomic E-state index is 14.1. The Balaban J connectivity index is 1.66. The van der Waals surface area contributed by atoms with Crippen molar-refractivity contribution in [1.82, 2.24) is 10.2 Å². The zero-order chi connectivity index (χ0) is 34.5. The first-order chi connectivity index (χ1) is 23.3. The second-order valence-electron chi connectivity index (χ2n) is 10.3. The summed E-state index contributed by atoms with van der Waals surface area (Å²) in [5.74, 6) is 1.32. The first-order valence-electron chi connectivity index (χ1n) is 15.0. The molecule has 3 aromatic rings. The monoisotopic (exact) mass is 719 g/mol. The van der Waals surface area contributed by atoms with Gasteiger partial charge in [-0.3, -0.25) is 19.3 Å². The lowest BCUT2D eigenvalue weighted by Gasteiger charge is -2.28. The van der Waals surface area contributed by atoms with Crippen molar-refractivity contribution in [3.05, 3.63) is 154 Å². The molecule has 48 heavy (non-hydrogen) atoms. The van der Waals surface area contributed by atoms with Crippen LogP contribution in [0.3, 0.4) is 0 Å². The van der Waals surface area contributed by atoms with Crippen LogP contribution in [0, 0.1) is 12.3 Å². The first kappa shape index (κ1) is 35.7. The van der Waals surface area contributed by atoms with Gasteiger partial charge in [0.05, 0.1) is 16.3 Å². The van der Waals surface area contributed by atoms with E-state index < -0.39 is 17.9 Å². The van der Waals surface area contributed by atoms with Crippen molar-refractivity contribution in [2.45, 2.75) is 19.4 Å². The van der Waals surface area contributed by atoms with E-state index in [-0.39, 0.29) is 29.0 Å². The van der Waals surface area contributed by atoms with Gasteiger partial charge >= 0.3 is 0 Å². The third-order valence-corrected chi connectivity index (χ3v) is 8.56. The van der Waals surface area contributed by atoms with E-state index in [2.05, 4.69) is 45.3 Å². The molecule has 242 valence electrons. The first-order valence-corrected chi connectivity index (χ1v) is 16.7. The van der Waals surface area contributed by atoms with Gasteiger partial charge in [-0.25, -0.2) is 0 Å². The molecular formula is C39H34BrN3O4S. The van der Waals surface area contributed by atoms with E-state index in [1.807, 2.05) is 60.7 Å². The number of ether oxygens (including phenoxy) is 1. The number of aliphatic imine (C=N–C) groups is 1. The SMILES string of the molecule is C#CCOc1c(Br)cc(/C=C2\C(=O)N=C(SCC(=O)NC(c3ccccc3)c3ccccc3)N(C(/C=C\C=C)=C/C)C2=O)cc1CC=C. The number of nitrogens with one attached hydrogen (secondary N) is 1. The van der Waals surface area contributed by atoms with E-state index in [9.17, 15) is 14.4 Å². The lowest BCUT2D eigenvalue weighted by atomic mass is 9.99. The van der Waals surface area contributed by atoms with Gasteiger partial charge in [-0.05, 0) is 75.8 Å². The molecule has 0 unspecified atom stereocenters. The number of allylic oxidation sites excluding steroid dienone is 5. The number of thioether (sulfide) groups is 1. The van der Waals surface area contributed by atoms with Crippen molar-refractivity contribution in [1.29, 1.82) is 0 Å². The van der Waals surface area contributed by atoms with Gasteiger partial charge in [-0.2, -0.15) is 4.99 Å². The molecule has 1 aliphatic rings. The summed E-state index contributed by atoms with van der Waals surface area (Å²) in [6.45, 7) is 9.38. The zero-order valence-corrected chi connectivity index (χ0v) is 28.8. The summed E-state index contributed by atoms with van der Waals surface area (Å²) >= 11 is 4.53. The van der Waals surface area contributed by atoms with E-state index >= 15 is 0 Å². The summed E-state index contributed by atoms with van der Waals surface area (Å²) in [7, 11) is 0. The predicted octanol–water partition coefficient (Wildman–Crippen LogP) is 7.58. The molecule has 0 aromatic heterocycles. The summed E-state index contributed by atoms with van der Waals surface area (Å²) in [4.78, 5) is 46.5. The molecule has 7 nitrogen and oxygen atoms in total. The van der Waals surface area contributed by atoms with E-state index in [0.717, 1.165) is 28.5 Å². The highest BCUT2D eigenvalue weighted by atomic mass is 79.9. The Kier molecular flexibility index (Phi) is 13.1. The Morgan fingerprint density at radius 1 is 1.10 bits per heavy atom. The maximum atomic E-state index is 14.1. The van der Waals surface area contributed by atoms with E-state index in [1.54, 1.807) is 49.4 Å². The van der Waals surface area contributed by atoms with Crippen LogP contribution in [-0.4, -0.2) is 40.1 Å². The molecular weight excluding hydrogens is 686 g/mol. The minimum atomic E-state index is -0.720. The molecule has 0 spiro atoms. The van der Waals surface area contributed by atoms with Gasteiger partial charge in [0.15, 0.2) is 5.17 Å². The average molecular weight is 721 g/mol. The largest absolute Gasteiger partial charge is 0.479 e. The normalized spacial score (nSPS) is 14.2. The van der Waals surface area contributed by atoms with Crippen LogP contribution in [0.2, 0.25) is 0 Å². The number of terminal acetylenes is 1. The third-order valence-electron chi connectivity index (χ3n) is 7.03. The molecule has 3 aromatic carbocycles. The molecule has 0 fully saturated rings. The quantitative estimate of drug-likeness (QED) is 0.0647. The van der Waals surface area contributed by atoms with Crippen LogP contribution in [0.1, 0.15) is 35.2 Å². The summed E-state index contributed by atoms with van der Waals surface area (Å²) in [5.41, 5.74) is 3.50. The second-order valence-corrected chi connectivity index (χ2v) is 12.1. The Morgan fingerprint density at radius 2 is 1.77 bits per heavy atom. The van der Waals surface area contributed by atoms with Crippen molar-refractivity contribution >= 4 is 56.7 Å². The van der Waals surface area contributed by atoms with Gasteiger partial charge in [-0.1, -0.05) is 109 Å². The average Bonchev–Trinajstić information content (AvgIpc) is 3.09. The highest BCUT2D eigenvalue weighted by molar-refractivity contribution is 9.10. The fourth-order valence-corrected chi connectivity index (χ4v) is 6.34. The van der Waals surface area contributed by atoms with Gasteiger partial charge in [0.1, 0.15) is 17.9 Å². The highest BCUT2D eigenvalue weighted by Gasteiger charge is 2.35. The van der Waals surface area contributed by atoms with Gasteiger partial charge < -0.3 is 10.1 Å². The molecule has 1 aliphatic heterocycles. The van der Waals surface area contributed by atoms with Crippen LogP contribution in [0.5, 0.6) is 5.75 Å². The molecule has 0 bridgehead atoms. The Bertz CT molecular complexity index is 1820. The number of halogens is 1. The number of hydrogen-bond donors (Lipinski definition) is 1. The molecule has 0 saturated carbocycles. The molecule has 9 heteroatoms. The Morgan fingerprint density at radius 3 is 2.35 bits per heavy atom. The number of nitrogens with zero attached hydrogens (tertiary/aromatic N) is 2. The van der Waals surface area contributed by atoms with E-state index in [0.29, 0.717) is 27.9 Å². The van der Waals surface area contributed by atoms with E-state index in [1.165, 1.54) is 11.0 Å². The standard InChI is InChI=1S/C39H34BrN3O4S/c1-5-9-21-31(8-4)43-38(46)32(24-27-23-30(16-6-2)36(33(40)25-27)47-22-7-3)37(45)42-39(43)48-26-34(44)41-35(28-17-12-10-13-18-28)29-19-14-11-15-20-29/h3,5-6,8-15,17-21,23-25,35H,1-2,16,22,26H2,4H3,(H,41,44)/b21-9-,31-8+,32-24+. The summed E-state index contributed by atoms with van der Waals surface area (Å²) in [5, 5.41) is 3.18. The molecule has 0 atom stereocenters. The summed E-state index contributed by atoms with van der Waals surface area (Å²) < 4.78 is 6.32. The van der Waals surface area contributed by atoms with Crippen molar-refractivity contribution in [3.63, 3.8) is 0 Å². The Hall–Kier alpha value is -5.17. The van der Waals surface area contributed by atoms with Gasteiger partial charge in [0.2, 0.25) is 5.91 Å². The minimum absolute atomic E-state index is 0.0752. The topological polar surface area (TPSA) is 88.1 Å². The molecule has 1 heterocycles. The van der Waals surface area contributed by atoms with Crippen LogP contribution in [-0.2, 0) is 20.8 Å². The van der Waals surface area contributed by atoms with Gasteiger partial charge in [-0.15, -0.1) is 13.0 Å². The molecule has 3 amide bonds. The smallest absolute Gasteiger partial charge is 0.285 e. The number of amidine groups is 1. The lowest BCUT2D eigenvalue weighted by Crippen LogP contribution is -2.42. The van der Waals surface area contributed by atoms with Crippen LogP contribution in [0.4, 0.5) is 0 Å². The number of amides is 3. The fourth-order valence-electron chi connectivity index (χ4n) is 4.90. The summed E-state index contributed by atoms with van der Waals surface area (Å²) in [6.07, 6.45) is 15.7. The number of hydrogen-bond acceptors (Lipinski definition) is 5. The molecule has 0 radical (unpaired) electrons. The van der Waals surface area contributed by atoms with E-state index in [4.69, 9.17) is 11.2 Å². The fraction of sp³-hybridized carbons (Fsp3) is 0.128. The van der Waals surface area contributed by atoms with Crippen LogP contribution >= 0.6 is 27.7 Å². The van der Waals surface area contributed by atoms with Crippen LogP contribution < -0.4 is 10.1 Å². The number of carbonyl (C=O) groups excluding carboxylic acids is 3.